The lowest BCUT2D eigenvalue weighted by molar-refractivity contribution is -0.119. The highest BCUT2D eigenvalue weighted by molar-refractivity contribution is 6.30. The van der Waals surface area contributed by atoms with Crippen molar-refractivity contribution in [1.29, 1.82) is 0 Å². The van der Waals surface area contributed by atoms with Crippen LogP contribution in [0.1, 0.15) is 0 Å². The second kappa shape index (κ2) is 6.98. The molecule has 1 amide bonds. The molecule has 2 aliphatic rings. The Morgan fingerprint density at radius 3 is 3.00 bits per heavy atom. The summed E-state index contributed by atoms with van der Waals surface area (Å²) in [6, 6.07) is 7.08. The van der Waals surface area contributed by atoms with E-state index in [-0.39, 0.29) is 6.61 Å². The van der Waals surface area contributed by atoms with Crippen LogP contribution in [0.4, 0.5) is 11.5 Å². The van der Waals surface area contributed by atoms with Crippen molar-refractivity contribution in [2.75, 3.05) is 6.61 Å². The first-order valence-corrected chi connectivity index (χ1v) is 7.76. The standard InChI is InChI=1S/C18H12N6O2/c25-15-10-26-14-4-1-3-13(7-14)24-18-16-12(8-19-5-2-6-20-15)9-21-17(16)22-11-23-18/h1-9,11H,10H2/b5-2-,19-8?,20-6?,24-18?. The number of aromatic nitrogens is 2. The van der Waals surface area contributed by atoms with Crippen LogP contribution in [-0.2, 0) is 4.79 Å². The summed E-state index contributed by atoms with van der Waals surface area (Å²) in [5, 5.41) is 0.715. The lowest BCUT2D eigenvalue weighted by Crippen LogP contribution is -2.30. The molecule has 8 heteroatoms. The molecule has 0 spiro atoms. The average Bonchev–Trinajstić information content (AvgIpc) is 3.07. The van der Waals surface area contributed by atoms with E-state index >= 15 is 0 Å². The van der Waals surface area contributed by atoms with Crippen LogP contribution in [0.2, 0.25) is 0 Å². The number of benzene rings is 1. The number of ether oxygens (including phenoxy) is 1. The molecule has 0 unspecified atom stereocenters. The monoisotopic (exact) mass is 344 g/mol. The molecule has 2 aromatic rings. The van der Waals surface area contributed by atoms with Crippen LogP contribution in [0.5, 0.6) is 5.75 Å². The highest BCUT2D eigenvalue weighted by Gasteiger charge is 2.10. The minimum absolute atomic E-state index is 0.161. The molecule has 26 heavy (non-hydrogen) atoms. The lowest BCUT2D eigenvalue weighted by atomic mass is 10.2. The van der Waals surface area contributed by atoms with Gasteiger partial charge in [0.1, 0.15) is 12.1 Å². The predicted octanol–water partition coefficient (Wildman–Crippen LogP) is 0.869. The second-order valence-electron chi connectivity index (χ2n) is 5.30. The fourth-order valence-electron chi connectivity index (χ4n) is 2.39. The molecule has 0 atom stereocenters. The zero-order valence-corrected chi connectivity index (χ0v) is 13.5. The number of fused-ring (bicyclic) bond motifs is 2. The van der Waals surface area contributed by atoms with Crippen molar-refractivity contribution in [2.24, 2.45) is 20.0 Å². The van der Waals surface area contributed by atoms with Gasteiger partial charge in [0.25, 0.3) is 5.91 Å². The van der Waals surface area contributed by atoms with Crippen molar-refractivity contribution < 1.29 is 9.53 Å². The van der Waals surface area contributed by atoms with E-state index in [1.54, 1.807) is 36.7 Å². The van der Waals surface area contributed by atoms with E-state index in [1.165, 1.54) is 18.7 Å². The van der Waals surface area contributed by atoms with Gasteiger partial charge in [0.05, 0.1) is 10.9 Å². The molecular weight excluding hydrogens is 332 g/mol. The van der Waals surface area contributed by atoms with Crippen LogP contribution >= 0.6 is 0 Å². The van der Waals surface area contributed by atoms with Gasteiger partial charge in [-0.05, 0) is 18.2 Å². The number of amides is 1. The third-order valence-corrected chi connectivity index (χ3v) is 3.53. The maximum Gasteiger partial charge on any atom is 0.283 e. The van der Waals surface area contributed by atoms with Crippen LogP contribution in [0.15, 0.2) is 62.8 Å². The molecule has 0 saturated carbocycles. The molecule has 3 heterocycles. The van der Waals surface area contributed by atoms with Crippen LogP contribution in [0.3, 0.4) is 0 Å². The van der Waals surface area contributed by atoms with Gasteiger partial charge in [0.15, 0.2) is 17.9 Å². The highest BCUT2D eigenvalue weighted by atomic mass is 16.5. The molecule has 126 valence electrons. The van der Waals surface area contributed by atoms with Crippen molar-refractivity contribution >= 4 is 41.6 Å². The molecule has 0 saturated heterocycles. The minimum Gasteiger partial charge on any atom is -0.484 e. The lowest BCUT2D eigenvalue weighted by Gasteiger charge is -2.04. The van der Waals surface area contributed by atoms with Crippen LogP contribution < -0.4 is 15.4 Å². The van der Waals surface area contributed by atoms with E-state index in [1.807, 2.05) is 6.07 Å². The number of carbonyl (C=O) groups is 1. The first kappa shape index (κ1) is 15.7. The van der Waals surface area contributed by atoms with E-state index in [0.717, 1.165) is 5.57 Å². The number of aliphatic imine (C=N–C) groups is 3. The molecule has 0 fully saturated rings. The van der Waals surface area contributed by atoms with Crippen molar-refractivity contribution in [3.63, 3.8) is 0 Å². The van der Waals surface area contributed by atoms with Crippen LogP contribution in [0, 0.1) is 0 Å². The number of hydrogen-bond acceptors (Lipinski definition) is 7. The fourth-order valence-corrected chi connectivity index (χ4v) is 2.39. The Morgan fingerprint density at radius 2 is 2.04 bits per heavy atom. The summed E-state index contributed by atoms with van der Waals surface area (Å²) in [6.45, 7) is -0.161. The SMILES string of the molecule is O=C1COc2cccc(c2)N=c2ncnc3c2=C(C=N/C=C\C=N1)C=N3. The van der Waals surface area contributed by atoms with Gasteiger partial charge in [-0.2, -0.15) is 0 Å². The summed E-state index contributed by atoms with van der Waals surface area (Å²) in [5.74, 6) is 0.670. The Balaban J connectivity index is 1.91. The van der Waals surface area contributed by atoms with Crippen molar-refractivity contribution in [2.45, 2.75) is 0 Å². The average molecular weight is 344 g/mol. The molecule has 2 bridgehead atoms. The van der Waals surface area contributed by atoms with Crippen LogP contribution in [0.25, 0.3) is 5.57 Å². The maximum absolute atomic E-state index is 11.7. The van der Waals surface area contributed by atoms with Gasteiger partial charge in [-0.1, -0.05) is 6.07 Å². The fraction of sp³-hybridized carbons (Fsp3) is 0.0556. The molecular formula is C18H12N6O2. The van der Waals surface area contributed by atoms with E-state index in [9.17, 15) is 4.79 Å². The highest BCUT2D eigenvalue weighted by Crippen LogP contribution is 2.19. The van der Waals surface area contributed by atoms with E-state index < -0.39 is 5.91 Å². The Bertz CT molecular complexity index is 1110. The predicted molar refractivity (Wildman–Crippen MR) is 97.1 cm³/mol. The van der Waals surface area contributed by atoms with E-state index in [2.05, 4.69) is 29.9 Å². The van der Waals surface area contributed by atoms with Crippen molar-refractivity contribution in [3.05, 3.63) is 53.6 Å². The van der Waals surface area contributed by atoms with Gasteiger partial charge in [0.2, 0.25) is 0 Å². The van der Waals surface area contributed by atoms with Crippen molar-refractivity contribution in [3.8, 4) is 5.75 Å². The molecule has 0 aliphatic carbocycles. The van der Waals surface area contributed by atoms with Gasteiger partial charge < -0.3 is 4.74 Å². The molecule has 8 nitrogen and oxygen atoms in total. The van der Waals surface area contributed by atoms with Crippen molar-refractivity contribution in [1.82, 2.24) is 9.97 Å². The number of rotatable bonds is 0. The molecule has 2 aliphatic heterocycles. The molecule has 1 aromatic carbocycles. The molecule has 4 rings (SSSR count). The third-order valence-electron chi connectivity index (χ3n) is 3.53. The van der Waals surface area contributed by atoms with E-state index in [4.69, 9.17) is 4.74 Å². The van der Waals surface area contributed by atoms with Crippen LogP contribution in [-0.4, -0.2) is 41.1 Å². The first-order valence-electron chi connectivity index (χ1n) is 7.76. The summed E-state index contributed by atoms with van der Waals surface area (Å²) in [4.78, 5) is 36.9. The maximum atomic E-state index is 11.7. The molecule has 0 radical (unpaired) electrons. The first-order chi connectivity index (χ1) is 12.8. The quantitative estimate of drug-likeness (QED) is 0.707. The minimum atomic E-state index is -0.395. The summed E-state index contributed by atoms with van der Waals surface area (Å²) in [6.07, 6.45) is 9.16. The van der Waals surface area contributed by atoms with Gasteiger partial charge in [-0.25, -0.2) is 24.9 Å². The zero-order valence-electron chi connectivity index (χ0n) is 13.5. The Morgan fingerprint density at radius 1 is 1.08 bits per heavy atom. The number of carbonyl (C=O) groups excluding carboxylic acids is 1. The van der Waals surface area contributed by atoms with Gasteiger partial charge in [0, 0.05) is 36.5 Å². The number of nitrogens with zero attached hydrogens (tertiary/aromatic N) is 6. The molecule has 0 N–H and O–H groups in total. The Hall–Kier alpha value is -3.81. The number of hydrogen-bond donors (Lipinski definition) is 0. The largest absolute Gasteiger partial charge is 0.484 e. The smallest absolute Gasteiger partial charge is 0.283 e. The summed E-state index contributed by atoms with van der Waals surface area (Å²) in [7, 11) is 0. The summed E-state index contributed by atoms with van der Waals surface area (Å²) < 4.78 is 5.46. The van der Waals surface area contributed by atoms with Gasteiger partial charge in [-0.3, -0.25) is 9.79 Å². The molecule has 1 aromatic heterocycles. The van der Waals surface area contributed by atoms with Gasteiger partial charge in [-0.15, -0.1) is 0 Å². The number of allylic oxidation sites excluding steroid dienone is 1. The second-order valence-corrected chi connectivity index (χ2v) is 5.30. The Labute approximate surface area is 147 Å². The summed E-state index contributed by atoms with van der Waals surface area (Å²) >= 11 is 0. The normalized spacial score (nSPS) is 16.8. The van der Waals surface area contributed by atoms with E-state index in [0.29, 0.717) is 28.0 Å². The zero-order chi connectivity index (χ0) is 17.8. The topological polar surface area (TPSA) is 102 Å². The van der Waals surface area contributed by atoms with Gasteiger partial charge >= 0.3 is 0 Å². The Kier molecular flexibility index (Phi) is 4.21. The third kappa shape index (κ3) is 3.34. The summed E-state index contributed by atoms with van der Waals surface area (Å²) in [5.41, 5.74) is 1.87.